The molecule has 2 amide bonds. The fraction of sp³-hybridized carbons (Fsp3) is 0.500. The highest BCUT2D eigenvalue weighted by atomic mass is 19.3. The van der Waals surface area contributed by atoms with Gasteiger partial charge >= 0.3 is 0 Å². The van der Waals surface area contributed by atoms with Crippen LogP contribution in [0, 0.1) is 11.6 Å². The van der Waals surface area contributed by atoms with Crippen LogP contribution in [0.5, 0.6) is 0 Å². The number of alkyl halides is 2. The monoisotopic (exact) mass is 466 g/mol. The van der Waals surface area contributed by atoms with Crippen molar-refractivity contribution in [1.82, 2.24) is 15.1 Å². The molecule has 1 aromatic rings. The number of likely N-dealkylation sites (tertiary alicyclic amines) is 1. The molecule has 2 atom stereocenters. The SMILES string of the molecule is O=C(C1=CN=C(C(F)F)CN1)N1CCC2(CC1)O[C@@H]1CC[C@@H](c3cc(F)cc(F)c3)N1C2=O. The molecule has 4 aliphatic rings. The lowest BCUT2D eigenvalue weighted by Crippen LogP contribution is -2.52. The second-order valence-electron chi connectivity index (χ2n) is 8.68. The number of ether oxygens (including phenoxy) is 1. The van der Waals surface area contributed by atoms with Crippen LogP contribution in [0.4, 0.5) is 17.6 Å². The van der Waals surface area contributed by atoms with Gasteiger partial charge in [0, 0.05) is 32.0 Å². The summed E-state index contributed by atoms with van der Waals surface area (Å²) in [4.78, 5) is 32.9. The zero-order chi connectivity index (χ0) is 23.3. The minimum atomic E-state index is -2.69. The van der Waals surface area contributed by atoms with Crippen molar-refractivity contribution in [3.05, 3.63) is 47.3 Å². The van der Waals surface area contributed by atoms with Gasteiger partial charge in [-0.2, -0.15) is 0 Å². The average Bonchev–Trinajstić information content (AvgIpc) is 3.31. The number of halogens is 4. The number of piperidine rings is 1. The van der Waals surface area contributed by atoms with Crippen LogP contribution in [-0.4, -0.2) is 65.2 Å². The minimum Gasteiger partial charge on any atom is -0.374 e. The average molecular weight is 466 g/mol. The van der Waals surface area contributed by atoms with Gasteiger partial charge < -0.3 is 19.9 Å². The second-order valence-corrected chi connectivity index (χ2v) is 8.68. The van der Waals surface area contributed by atoms with Gasteiger partial charge in [0.25, 0.3) is 18.2 Å². The lowest BCUT2D eigenvalue weighted by atomic mass is 9.89. The summed E-state index contributed by atoms with van der Waals surface area (Å²) in [5.41, 5.74) is -0.887. The van der Waals surface area contributed by atoms with Crippen LogP contribution in [0.1, 0.15) is 37.3 Å². The molecule has 3 fully saturated rings. The molecule has 33 heavy (non-hydrogen) atoms. The van der Waals surface area contributed by atoms with Crippen LogP contribution in [0.2, 0.25) is 0 Å². The van der Waals surface area contributed by atoms with Crippen molar-refractivity contribution in [2.45, 2.75) is 50.0 Å². The first-order valence-corrected chi connectivity index (χ1v) is 10.8. The number of rotatable bonds is 3. The molecule has 0 unspecified atom stereocenters. The van der Waals surface area contributed by atoms with Crippen molar-refractivity contribution in [2.75, 3.05) is 19.6 Å². The van der Waals surface area contributed by atoms with Gasteiger partial charge in [0.1, 0.15) is 29.3 Å². The van der Waals surface area contributed by atoms with Crippen molar-refractivity contribution in [2.24, 2.45) is 4.99 Å². The van der Waals surface area contributed by atoms with Crippen molar-refractivity contribution >= 4 is 17.5 Å². The zero-order valence-corrected chi connectivity index (χ0v) is 17.6. The number of aliphatic imine (C=N–C) groups is 1. The number of nitrogens with one attached hydrogen (secondary N) is 1. The zero-order valence-electron chi connectivity index (χ0n) is 17.6. The van der Waals surface area contributed by atoms with Crippen LogP contribution in [-0.2, 0) is 14.3 Å². The standard InChI is InChI=1S/C22H22F4N4O3/c23-13-7-12(8-14(24)9-13)17-1-2-18-30(17)21(32)22(33-18)3-5-29(6-4-22)20(31)16-11-27-15(10-28-16)19(25)26/h7-9,11,17-19,28H,1-6,10H2/t17-,18+/m0/s1. The van der Waals surface area contributed by atoms with E-state index < -0.39 is 35.9 Å². The number of hydrogen-bond acceptors (Lipinski definition) is 5. The molecule has 4 heterocycles. The smallest absolute Gasteiger partial charge is 0.278 e. The molecule has 0 saturated carbocycles. The Morgan fingerprint density at radius 2 is 1.85 bits per heavy atom. The van der Waals surface area contributed by atoms with Gasteiger partial charge in [0.05, 0.1) is 18.8 Å². The number of amides is 2. The molecular formula is C22H22F4N4O3. The summed E-state index contributed by atoms with van der Waals surface area (Å²) < 4.78 is 59.0. The van der Waals surface area contributed by atoms with Crippen LogP contribution in [0.3, 0.4) is 0 Å². The fourth-order valence-electron chi connectivity index (χ4n) is 5.07. The molecule has 3 saturated heterocycles. The van der Waals surface area contributed by atoms with Crippen LogP contribution in [0.25, 0.3) is 0 Å². The maximum absolute atomic E-state index is 13.7. The van der Waals surface area contributed by atoms with Crippen LogP contribution >= 0.6 is 0 Å². The summed E-state index contributed by atoms with van der Waals surface area (Å²) in [5, 5.41) is 2.67. The molecule has 11 heteroatoms. The molecule has 4 aliphatic heterocycles. The Morgan fingerprint density at radius 1 is 1.15 bits per heavy atom. The van der Waals surface area contributed by atoms with Crippen molar-refractivity contribution in [3.63, 3.8) is 0 Å². The molecule has 176 valence electrons. The summed E-state index contributed by atoms with van der Waals surface area (Å²) >= 11 is 0. The second kappa shape index (κ2) is 8.12. The van der Waals surface area contributed by atoms with E-state index in [2.05, 4.69) is 10.3 Å². The number of fused-ring (bicyclic) bond motifs is 1. The van der Waals surface area contributed by atoms with E-state index in [0.29, 0.717) is 18.4 Å². The predicted molar refractivity (Wildman–Crippen MR) is 108 cm³/mol. The first-order chi connectivity index (χ1) is 15.8. The quantitative estimate of drug-likeness (QED) is 0.695. The Hall–Kier alpha value is -2.95. The van der Waals surface area contributed by atoms with E-state index in [9.17, 15) is 27.2 Å². The maximum atomic E-state index is 13.7. The summed E-state index contributed by atoms with van der Waals surface area (Å²) in [5.74, 6) is -2.00. The molecule has 7 nitrogen and oxygen atoms in total. The Kier molecular flexibility index (Phi) is 5.38. The normalized spacial score (nSPS) is 26.4. The Bertz CT molecular complexity index is 1030. The maximum Gasteiger partial charge on any atom is 0.278 e. The van der Waals surface area contributed by atoms with Crippen LogP contribution in [0.15, 0.2) is 35.1 Å². The molecule has 1 spiro atoms. The van der Waals surface area contributed by atoms with E-state index in [1.165, 1.54) is 17.0 Å². The van der Waals surface area contributed by atoms with Crippen molar-refractivity contribution < 1.29 is 31.9 Å². The summed E-state index contributed by atoms with van der Waals surface area (Å²) in [6, 6.07) is 2.80. The molecule has 0 bridgehead atoms. The third-order valence-corrected chi connectivity index (χ3v) is 6.75. The topological polar surface area (TPSA) is 74.2 Å². The number of hydrogen-bond donors (Lipinski definition) is 1. The highest BCUT2D eigenvalue weighted by Crippen LogP contribution is 2.47. The Labute approximate surface area is 187 Å². The van der Waals surface area contributed by atoms with E-state index >= 15 is 0 Å². The van der Waals surface area contributed by atoms with Gasteiger partial charge in [-0.15, -0.1) is 0 Å². The highest BCUT2D eigenvalue weighted by Gasteiger charge is 2.58. The van der Waals surface area contributed by atoms with Gasteiger partial charge in [-0.1, -0.05) is 0 Å². The lowest BCUT2D eigenvalue weighted by molar-refractivity contribution is -0.147. The van der Waals surface area contributed by atoms with Gasteiger partial charge in [-0.05, 0) is 30.5 Å². The van der Waals surface area contributed by atoms with Crippen molar-refractivity contribution in [3.8, 4) is 0 Å². The number of benzene rings is 1. The summed E-state index contributed by atoms with van der Waals surface area (Å²) in [7, 11) is 0. The molecule has 1 N–H and O–H groups in total. The first kappa shape index (κ1) is 21.9. The van der Waals surface area contributed by atoms with E-state index in [-0.39, 0.29) is 55.7 Å². The van der Waals surface area contributed by atoms with E-state index in [0.717, 1.165) is 12.3 Å². The van der Waals surface area contributed by atoms with Gasteiger partial charge in [0.15, 0.2) is 5.60 Å². The highest BCUT2D eigenvalue weighted by molar-refractivity contribution is 5.98. The fourth-order valence-corrected chi connectivity index (χ4v) is 5.07. The lowest BCUT2D eigenvalue weighted by Gasteiger charge is -2.38. The predicted octanol–water partition coefficient (Wildman–Crippen LogP) is 2.50. The molecular weight excluding hydrogens is 444 g/mol. The molecule has 5 rings (SSSR count). The summed E-state index contributed by atoms with van der Waals surface area (Å²) in [6.45, 7) is 0.289. The summed E-state index contributed by atoms with van der Waals surface area (Å²) in [6.07, 6.45) is -0.412. The van der Waals surface area contributed by atoms with E-state index in [1.54, 1.807) is 4.90 Å². The third-order valence-electron chi connectivity index (χ3n) is 6.75. The van der Waals surface area contributed by atoms with Crippen molar-refractivity contribution in [1.29, 1.82) is 0 Å². The Morgan fingerprint density at radius 3 is 2.45 bits per heavy atom. The van der Waals surface area contributed by atoms with Gasteiger partial charge in [0.2, 0.25) is 0 Å². The van der Waals surface area contributed by atoms with E-state index in [1.807, 2.05) is 0 Å². The minimum absolute atomic E-state index is 0.128. The molecule has 0 aliphatic carbocycles. The number of carbonyl (C=O) groups excluding carboxylic acids is 2. The largest absolute Gasteiger partial charge is 0.374 e. The van der Waals surface area contributed by atoms with Gasteiger partial charge in [-0.3, -0.25) is 14.6 Å². The molecule has 0 aromatic heterocycles. The number of nitrogens with zero attached hydrogens (tertiary/aromatic N) is 3. The van der Waals surface area contributed by atoms with E-state index in [4.69, 9.17) is 4.74 Å². The number of carbonyl (C=O) groups is 2. The van der Waals surface area contributed by atoms with Gasteiger partial charge in [-0.25, -0.2) is 17.6 Å². The first-order valence-electron chi connectivity index (χ1n) is 10.8. The third kappa shape index (κ3) is 3.77. The molecule has 0 radical (unpaired) electrons. The Balaban J connectivity index is 1.27. The van der Waals surface area contributed by atoms with Crippen LogP contribution < -0.4 is 5.32 Å². The molecule has 1 aromatic carbocycles.